The van der Waals surface area contributed by atoms with Crippen LogP contribution in [0.5, 0.6) is 0 Å². The summed E-state index contributed by atoms with van der Waals surface area (Å²) >= 11 is 0. The molecule has 0 radical (unpaired) electrons. The molecule has 6 nitrogen and oxygen atoms in total. The first kappa shape index (κ1) is 13.5. The lowest BCUT2D eigenvalue weighted by molar-refractivity contribution is -0.129. The number of nitrogens with one attached hydrogen (secondary N) is 1. The van der Waals surface area contributed by atoms with Gasteiger partial charge in [-0.15, -0.1) is 0 Å². The van der Waals surface area contributed by atoms with Gasteiger partial charge in [0.2, 0.25) is 5.91 Å². The van der Waals surface area contributed by atoms with Crippen LogP contribution in [0.4, 0.5) is 0 Å². The van der Waals surface area contributed by atoms with Crippen LogP contribution < -0.4 is 11.1 Å². The van der Waals surface area contributed by atoms with Gasteiger partial charge in [0, 0.05) is 0 Å². The molecule has 1 aliphatic carbocycles. The number of oxime groups is 1. The summed E-state index contributed by atoms with van der Waals surface area (Å²) in [6, 6.07) is 3.55. The number of hydrogen-bond acceptors (Lipinski definition) is 4. The normalized spacial score (nSPS) is 19.1. The van der Waals surface area contributed by atoms with Gasteiger partial charge in [0.05, 0.1) is 12.8 Å². The van der Waals surface area contributed by atoms with Crippen molar-refractivity contribution in [2.75, 3.05) is 0 Å². The molecule has 0 bridgehead atoms. The van der Waals surface area contributed by atoms with E-state index in [-0.39, 0.29) is 11.7 Å². The number of carbonyl (C=O) groups is 1. The van der Waals surface area contributed by atoms with Crippen molar-refractivity contribution in [2.45, 2.75) is 38.6 Å². The smallest absolute Gasteiger partial charge is 0.234 e. The van der Waals surface area contributed by atoms with Crippen molar-refractivity contribution in [3.8, 4) is 0 Å². The van der Waals surface area contributed by atoms with Crippen LogP contribution in [0.15, 0.2) is 28.0 Å². The monoisotopic (exact) mass is 265 g/mol. The molecule has 1 aromatic rings. The molecule has 0 saturated heterocycles. The molecule has 1 saturated carbocycles. The summed E-state index contributed by atoms with van der Waals surface area (Å²) in [7, 11) is 0. The Morgan fingerprint density at radius 1 is 1.47 bits per heavy atom. The van der Waals surface area contributed by atoms with E-state index >= 15 is 0 Å². The van der Waals surface area contributed by atoms with Crippen LogP contribution in [-0.4, -0.2) is 17.0 Å². The SMILES string of the molecule is NC(=NO)C1(C(=O)NCc2ccco2)CCCCC1. The van der Waals surface area contributed by atoms with Gasteiger partial charge >= 0.3 is 0 Å². The van der Waals surface area contributed by atoms with Gasteiger partial charge in [-0.2, -0.15) is 0 Å². The van der Waals surface area contributed by atoms with Crippen molar-refractivity contribution < 1.29 is 14.4 Å². The summed E-state index contributed by atoms with van der Waals surface area (Å²) < 4.78 is 5.17. The second-order valence-corrected chi connectivity index (χ2v) is 4.89. The van der Waals surface area contributed by atoms with Crippen molar-refractivity contribution in [2.24, 2.45) is 16.3 Å². The molecule has 1 aromatic heterocycles. The molecule has 104 valence electrons. The molecule has 1 aliphatic rings. The molecule has 4 N–H and O–H groups in total. The Kier molecular flexibility index (Phi) is 4.09. The Balaban J connectivity index is 2.07. The lowest BCUT2D eigenvalue weighted by Gasteiger charge is -2.34. The summed E-state index contributed by atoms with van der Waals surface area (Å²) in [6.07, 6.45) is 5.68. The zero-order valence-corrected chi connectivity index (χ0v) is 10.8. The van der Waals surface area contributed by atoms with E-state index in [2.05, 4.69) is 10.5 Å². The fourth-order valence-corrected chi connectivity index (χ4v) is 2.60. The minimum atomic E-state index is -0.875. The molecule has 0 aliphatic heterocycles. The van der Waals surface area contributed by atoms with Gasteiger partial charge in [0.25, 0.3) is 0 Å². The molecule has 19 heavy (non-hydrogen) atoms. The van der Waals surface area contributed by atoms with E-state index in [4.69, 9.17) is 15.4 Å². The van der Waals surface area contributed by atoms with Crippen molar-refractivity contribution >= 4 is 11.7 Å². The quantitative estimate of drug-likeness (QED) is 0.333. The van der Waals surface area contributed by atoms with Crippen molar-refractivity contribution in [3.63, 3.8) is 0 Å². The Hall–Kier alpha value is -1.98. The number of furan rings is 1. The summed E-state index contributed by atoms with van der Waals surface area (Å²) in [6.45, 7) is 0.312. The number of amides is 1. The molecule has 1 fully saturated rings. The topological polar surface area (TPSA) is 101 Å². The first-order chi connectivity index (χ1) is 9.19. The third-order valence-electron chi connectivity index (χ3n) is 3.74. The fourth-order valence-electron chi connectivity index (χ4n) is 2.60. The second kappa shape index (κ2) is 5.77. The summed E-state index contributed by atoms with van der Waals surface area (Å²) in [4.78, 5) is 12.4. The van der Waals surface area contributed by atoms with Gasteiger partial charge in [-0.1, -0.05) is 24.4 Å². The highest BCUT2D eigenvalue weighted by Crippen LogP contribution is 2.36. The third-order valence-corrected chi connectivity index (χ3v) is 3.74. The molecular weight excluding hydrogens is 246 g/mol. The number of amidine groups is 1. The first-order valence-corrected chi connectivity index (χ1v) is 6.48. The molecule has 0 atom stereocenters. The van der Waals surface area contributed by atoms with E-state index in [0.29, 0.717) is 25.1 Å². The van der Waals surface area contributed by atoms with Gasteiger partial charge in [0.15, 0.2) is 5.84 Å². The van der Waals surface area contributed by atoms with E-state index in [9.17, 15) is 4.79 Å². The fraction of sp³-hybridized carbons (Fsp3) is 0.538. The van der Waals surface area contributed by atoms with Crippen LogP contribution in [0.2, 0.25) is 0 Å². The maximum Gasteiger partial charge on any atom is 0.234 e. The summed E-state index contributed by atoms with van der Waals surface area (Å²) in [5.41, 5.74) is 4.87. The van der Waals surface area contributed by atoms with Gasteiger partial charge in [-0.05, 0) is 25.0 Å². The lowest BCUT2D eigenvalue weighted by atomic mass is 9.72. The minimum Gasteiger partial charge on any atom is -0.467 e. The van der Waals surface area contributed by atoms with Crippen LogP contribution in [0, 0.1) is 5.41 Å². The minimum absolute atomic E-state index is 0.00384. The average Bonchev–Trinajstić information content (AvgIpc) is 2.97. The maximum atomic E-state index is 12.4. The predicted octanol–water partition coefficient (Wildman–Crippen LogP) is 1.59. The van der Waals surface area contributed by atoms with E-state index < -0.39 is 5.41 Å². The van der Waals surface area contributed by atoms with Crippen molar-refractivity contribution in [3.05, 3.63) is 24.2 Å². The predicted molar refractivity (Wildman–Crippen MR) is 69.5 cm³/mol. The third kappa shape index (κ3) is 2.72. The molecule has 2 rings (SSSR count). The van der Waals surface area contributed by atoms with Gasteiger partial charge in [0.1, 0.15) is 11.2 Å². The Labute approximate surface area is 111 Å². The van der Waals surface area contributed by atoms with E-state index in [1.165, 1.54) is 0 Å². The average molecular weight is 265 g/mol. The van der Waals surface area contributed by atoms with Crippen LogP contribution in [0.25, 0.3) is 0 Å². The number of hydrogen-bond donors (Lipinski definition) is 3. The van der Waals surface area contributed by atoms with Crippen LogP contribution >= 0.6 is 0 Å². The maximum absolute atomic E-state index is 12.4. The molecule has 1 amide bonds. The zero-order valence-electron chi connectivity index (χ0n) is 10.8. The number of rotatable bonds is 4. The Morgan fingerprint density at radius 3 is 2.79 bits per heavy atom. The van der Waals surface area contributed by atoms with Crippen molar-refractivity contribution in [1.29, 1.82) is 0 Å². The van der Waals surface area contributed by atoms with Gasteiger partial charge in [-0.25, -0.2) is 0 Å². The molecular formula is C13H19N3O3. The molecule has 1 heterocycles. The summed E-state index contributed by atoms with van der Waals surface area (Å²) in [5, 5.41) is 14.8. The number of nitrogens with two attached hydrogens (primary N) is 1. The molecule has 0 unspecified atom stereocenters. The van der Waals surface area contributed by atoms with Crippen LogP contribution in [-0.2, 0) is 11.3 Å². The Morgan fingerprint density at radius 2 is 2.21 bits per heavy atom. The van der Waals surface area contributed by atoms with Gasteiger partial charge < -0.3 is 20.7 Å². The first-order valence-electron chi connectivity index (χ1n) is 6.48. The molecule has 6 heteroatoms. The zero-order chi connectivity index (χ0) is 13.7. The van der Waals surface area contributed by atoms with Crippen LogP contribution in [0.3, 0.4) is 0 Å². The Bertz CT molecular complexity index is 448. The van der Waals surface area contributed by atoms with E-state index in [1.807, 2.05) is 0 Å². The lowest BCUT2D eigenvalue weighted by Crippen LogP contribution is -2.50. The highest BCUT2D eigenvalue weighted by molar-refractivity contribution is 6.06. The number of carbonyl (C=O) groups excluding carboxylic acids is 1. The van der Waals surface area contributed by atoms with E-state index in [1.54, 1.807) is 18.4 Å². The standard InChI is InChI=1S/C13H19N3O3/c14-11(16-18)13(6-2-1-3-7-13)12(17)15-9-10-5-4-8-19-10/h4-5,8,18H,1-3,6-7,9H2,(H2,14,16)(H,15,17). The largest absolute Gasteiger partial charge is 0.467 e. The summed E-state index contributed by atoms with van der Waals surface area (Å²) in [5.74, 6) is 0.488. The van der Waals surface area contributed by atoms with E-state index in [0.717, 1.165) is 19.3 Å². The van der Waals surface area contributed by atoms with Crippen LogP contribution in [0.1, 0.15) is 37.9 Å². The highest BCUT2D eigenvalue weighted by atomic mass is 16.4. The second-order valence-electron chi connectivity index (χ2n) is 4.89. The number of nitrogens with zero attached hydrogens (tertiary/aromatic N) is 1. The van der Waals surface area contributed by atoms with Crippen molar-refractivity contribution in [1.82, 2.24) is 5.32 Å². The highest BCUT2D eigenvalue weighted by Gasteiger charge is 2.43. The van der Waals surface area contributed by atoms with Gasteiger partial charge in [-0.3, -0.25) is 4.79 Å². The molecule has 0 spiro atoms. The molecule has 0 aromatic carbocycles.